The first kappa shape index (κ1) is 13.1. The fourth-order valence-corrected chi connectivity index (χ4v) is 2.36. The molecule has 4 heteroatoms. The summed E-state index contributed by atoms with van der Waals surface area (Å²) in [6.07, 6.45) is 3.21. The second kappa shape index (κ2) is 5.98. The van der Waals surface area contributed by atoms with Gasteiger partial charge in [-0.1, -0.05) is 43.2 Å². The molecule has 0 aromatic heterocycles. The van der Waals surface area contributed by atoms with E-state index in [-0.39, 0.29) is 11.9 Å². The molecule has 1 amide bonds. The molecule has 1 aromatic carbocycles. The van der Waals surface area contributed by atoms with Crippen molar-refractivity contribution in [3.8, 4) is 0 Å². The number of aliphatic hydroxyl groups excluding tert-OH is 1. The van der Waals surface area contributed by atoms with Gasteiger partial charge in [-0.3, -0.25) is 4.79 Å². The van der Waals surface area contributed by atoms with Gasteiger partial charge >= 0.3 is 0 Å². The number of carbonyl (C=O) groups excluding carboxylic acids is 1. The summed E-state index contributed by atoms with van der Waals surface area (Å²) >= 11 is 0. The number of nitrogens with two attached hydrogens (primary N) is 1. The molecule has 0 radical (unpaired) electrons. The Morgan fingerprint density at radius 1 is 1.28 bits per heavy atom. The molecule has 1 saturated carbocycles. The monoisotopic (exact) mass is 248 g/mol. The molecule has 0 bridgehead atoms. The van der Waals surface area contributed by atoms with E-state index >= 15 is 0 Å². The molecule has 18 heavy (non-hydrogen) atoms. The van der Waals surface area contributed by atoms with Crippen molar-refractivity contribution in [1.29, 1.82) is 0 Å². The van der Waals surface area contributed by atoms with Gasteiger partial charge in [0.2, 0.25) is 5.91 Å². The Labute approximate surface area is 107 Å². The van der Waals surface area contributed by atoms with Crippen LogP contribution in [-0.2, 0) is 4.79 Å². The van der Waals surface area contributed by atoms with Gasteiger partial charge < -0.3 is 16.2 Å². The quantitative estimate of drug-likeness (QED) is 0.750. The summed E-state index contributed by atoms with van der Waals surface area (Å²) < 4.78 is 0. The molecule has 98 valence electrons. The molecule has 2 unspecified atom stereocenters. The average molecular weight is 248 g/mol. The molecule has 0 aliphatic heterocycles. The van der Waals surface area contributed by atoms with Crippen LogP contribution in [0.2, 0.25) is 0 Å². The maximum Gasteiger partial charge on any atom is 0.241 e. The van der Waals surface area contributed by atoms with Crippen molar-refractivity contribution < 1.29 is 9.90 Å². The van der Waals surface area contributed by atoms with Crippen LogP contribution in [-0.4, -0.2) is 23.2 Å². The van der Waals surface area contributed by atoms with Gasteiger partial charge in [0.15, 0.2) is 0 Å². The minimum absolute atomic E-state index is 0.152. The Morgan fingerprint density at radius 3 is 2.61 bits per heavy atom. The zero-order chi connectivity index (χ0) is 13.0. The predicted octanol–water partition coefficient (Wildman–Crippen LogP) is 1.11. The lowest BCUT2D eigenvalue weighted by Crippen LogP contribution is -2.48. The van der Waals surface area contributed by atoms with E-state index in [1.165, 1.54) is 0 Å². The first-order valence-electron chi connectivity index (χ1n) is 6.47. The summed E-state index contributed by atoms with van der Waals surface area (Å²) in [7, 11) is 0. The number of aliphatic hydroxyl groups is 1. The fourth-order valence-electron chi connectivity index (χ4n) is 2.36. The molecule has 1 aliphatic rings. The largest absolute Gasteiger partial charge is 0.391 e. The maximum atomic E-state index is 12.0. The third-order valence-electron chi connectivity index (χ3n) is 3.50. The first-order valence-corrected chi connectivity index (χ1v) is 6.47. The van der Waals surface area contributed by atoms with Crippen molar-refractivity contribution in [2.45, 2.75) is 43.9 Å². The third kappa shape index (κ3) is 3.09. The summed E-state index contributed by atoms with van der Waals surface area (Å²) in [6.45, 7) is 0. The van der Waals surface area contributed by atoms with Gasteiger partial charge in [-0.15, -0.1) is 0 Å². The van der Waals surface area contributed by atoms with Crippen LogP contribution >= 0.6 is 0 Å². The van der Waals surface area contributed by atoms with Gasteiger partial charge in [-0.05, 0) is 18.4 Å². The Hall–Kier alpha value is -1.39. The van der Waals surface area contributed by atoms with Crippen molar-refractivity contribution in [3.05, 3.63) is 35.9 Å². The van der Waals surface area contributed by atoms with E-state index in [1.807, 2.05) is 30.3 Å². The molecule has 3 atom stereocenters. The third-order valence-corrected chi connectivity index (χ3v) is 3.50. The molecule has 0 saturated heterocycles. The highest BCUT2D eigenvalue weighted by Crippen LogP contribution is 2.19. The molecule has 0 spiro atoms. The van der Waals surface area contributed by atoms with E-state index in [0.29, 0.717) is 0 Å². The number of hydrogen-bond acceptors (Lipinski definition) is 3. The number of amides is 1. The highest BCUT2D eigenvalue weighted by atomic mass is 16.3. The van der Waals surface area contributed by atoms with Crippen LogP contribution in [0.3, 0.4) is 0 Å². The molecule has 0 heterocycles. The van der Waals surface area contributed by atoms with Gasteiger partial charge in [-0.2, -0.15) is 0 Å². The van der Waals surface area contributed by atoms with E-state index in [1.54, 1.807) is 0 Å². The van der Waals surface area contributed by atoms with Gasteiger partial charge in [0, 0.05) is 0 Å². The van der Waals surface area contributed by atoms with E-state index in [9.17, 15) is 9.90 Å². The van der Waals surface area contributed by atoms with E-state index in [2.05, 4.69) is 5.32 Å². The Bertz CT molecular complexity index is 394. The van der Waals surface area contributed by atoms with Crippen molar-refractivity contribution in [2.75, 3.05) is 0 Å². The summed E-state index contributed by atoms with van der Waals surface area (Å²) in [6, 6.07) is 8.46. The van der Waals surface area contributed by atoms with Crippen LogP contribution in [0.5, 0.6) is 0 Å². The molecule has 1 aromatic rings. The molecule has 4 N–H and O–H groups in total. The topological polar surface area (TPSA) is 75.4 Å². The van der Waals surface area contributed by atoms with Crippen LogP contribution < -0.4 is 11.1 Å². The van der Waals surface area contributed by atoms with E-state index in [0.717, 1.165) is 31.2 Å². The van der Waals surface area contributed by atoms with Gasteiger partial charge in [0.25, 0.3) is 0 Å². The molecular formula is C14H20N2O2. The fraction of sp³-hybridized carbons (Fsp3) is 0.500. The highest BCUT2D eigenvalue weighted by Gasteiger charge is 2.26. The van der Waals surface area contributed by atoms with E-state index < -0.39 is 12.1 Å². The minimum atomic E-state index is -0.666. The zero-order valence-corrected chi connectivity index (χ0v) is 10.4. The smallest absolute Gasteiger partial charge is 0.241 e. The van der Waals surface area contributed by atoms with Gasteiger partial charge in [0.05, 0.1) is 12.1 Å². The zero-order valence-electron chi connectivity index (χ0n) is 10.4. The standard InChI is InChI=1S/C14H20N2O2/c15-13(10-6-2-1-3-7-10)14(18)16-11-8-4-5-9-12(11)17/h1-3,6-7,11-13,17H,4-5,8-9,15H2,(H,16,18)/t11?,12?,13-/m1/s1. The van der Waals surface area contributed by atoms with Crippen molar-refractivity contribution in [2.24, 2.45) is 5.73 Å². The van der Waals surface area contributed by atoms with Gasteiger partial charge in [0.1, 0.15) is 6.04 Å². The number of rotatable bonds is 3. The summed E-state index contributed by atoms with van der Waals surface area (Å²) in [5, 5.41) is 12.7. The van der Waals surface area contributed by atoms with Crippen LogP contribution in [0.15, 0.2) is 30.3 Å². The molecule has 2 rings (SSSR count). The lowest BCUT2D eigenvalue weighted by atomic mass is 9.92. The summed E-state index contributed by atoms with van der Waals surface area (Å²) in [4.78, 5) is 12.0. The summed E-state index contributed by atoms with van der Waals surface area (Å²) in [5.41, 5.74) is 6.70. The summed E-state index contributed by atoms with van der Waals surface area (Å²) in [5.74, 6) is -0.216. The van der Waals surface area contributed by atoms with Gasteiger partial charge in [-0.25, -0.2) is 0 Å². The lowest BCUT2D eigenvalue weighted by Gasteiger charge is -2.29. The maximum absolute atomic E-state index is 12.0. The number of hydrogen-bond donors (Lipinski definition) is 3. The molecular weight excluding hydrogens is 228 g/mol. The van der Waals surface area contributed by atoms with E-state index in [4.69, 9.17) is 5.73 Å². The lowest BCUT2D eigenvalue weighted by molar-refractivity contribution is -0.124. The van der Waals surface area contributed by atoms with Crippen LogP contribution in [0.25, 0.3) is 0 Å². The van der Waals surface area contributed by atoms with Crippen molar-refractivity contribution in [1.82, 2.24) is 5.32 Å². The van der Waals surface area contributed by atoms with Crippen molar-refractivity contribution >= 4 is 5.91 Å². The molecule has 1 fully saturated rings. The van der Waals surface area contributed by atoms with Crippen LogP contribution in [0.4, 0.5) is 0 Å². The molecule has 4 nitrogen and oxygen atoms in total. The van der Waals surface area contributed by atoms with Crippen molar-refractivity contribution in [3.63, 3.8) is 0 Å². The Balaban J connectivity index is 1.95. The SMILES string of the molecule is N[C@@H](C(=O)NC1CCCCC1O)c1ccccc1. The number of carbonyl (C=O) groups is 1. The number of nitrogens with one attached hydrogen (secondary N) is 1. The predicted molar refractivity (Wildman–Crippen MR) is 69.8 cm³/mol. The average Bonchev–Trinajstić information content (AvgIpc) is 2.41. The minimum Gasteiger partial charge on any atom is -0.391 e. The second-order valence-electron chi connectivity index (χ2n) is 4.86. The Morgan fingerprint density at radius 2 is 1.94 bits per heavy atom. The van der Waals surface area contributed by atoms with Crippen LogP contribution in [0.1, 0.15) is 37.3 Å². The van der Waals surface area contributed by atoms with Crippen LogP contribution in [0, 0.1) is 0 Å². The first-order chi connectivity index (χ1) is 8.68. The Kier molecular flexibility index (Phi) is 4.33. The normalized spacial score (nSPS) is 25.4. The second-order valence-corrected chi connectivity index (χ2v) is 4.86. The molecule has 1 aliphatic carbocycles. The highest BCUT2D eigenvalue weighted by molar-refractivity contribution is 5.83. The number of benzene rings is 1.